The smallest absolute Gasteiger partial charge is 0.316 e. The molecular weight excluding hydrogens is 861 g/mol. The van der Waals surface area contributed by atoms with E-state index < -0.39 is 112 Å². The van der Waals surface area contributed by atoms with E-state index >= 15 is 0 Å². The van der Waals surface area contributed by atoms with E-state index in [0.29, 0.717) is 30.4 Å². The van der Waals surface area contributed by atoms with Crippen molar-refractivity contribution in [3.63, 3.8) is 0 Å². The maximum Gasteiger partial charge on any atom is 0.316 e. The summed E-state index contributed by atoms with van der Waals surface area (Å²) in [6, 6.07) is 0. The average molecular weight is 935 g/mol. The molecule has 7 rings (SSSR count). The lowest BCUT2D eigenvalue weighted by Crippen LogP contribution is -2.58. The summed E-state index contributed by atoms with van der Waals surface area (Å²) in [6.45, 7) is 15.9. The van der Waals surface area contributed by atoms with Gasteiger partial charge in [-0.25, -0.2) is 8.42 Å². The first-order valence-electron chi connectivity index (χ1n) is 23.6. The summed E-state index contributed by atoms with van der Waals surface area (Å²) in [5.74, 6) is -2.67. The van der Waals surface area contributed by atoms with Gasteiger partial charge in [-0.05, 0) is 62.8 Å². The summed E-state index contributed by atoms with van der Waals surface area (Å²) < 4.78 is 89.1. The lowest BCUT2D eigenvalue weighted by molar-refractivity contribution is -0.309. The fraction of sp³-hybridized carbons (Fsp3) is 0.776. The largest absolute Gasteiger partial charge is 0.462 e. The predicted molar refractivity (Wildman–Crippen MR) is 240 cm³/mol. The van der Waals surface area contributed by atoms with Crippen LogP contribution in [0.1, 0.15) is 93.9 Å². The fourth-order valence-electron chi connectivity index (χ4n) is 11.2. The van der Waals surface area contributed by atoms with Crippen LogP contribution < -0.4 is 0 Å². The standard InChI is InChI=1S/C49H74O15S/c1-12-26(2)43-29(5)18-19-48(64-43)24-35-21-34(63-48)17-16-28(4)42(27(3)14-13-15-33-25-57-46-41(50)30(6)20-36(47(51)60-35)49(33,46)52)61-39-22-37(55-9)44(31(7)58-39)62-40-23-38(56-10)45(32(8)59-40)65(11,53)54/h13-16,18-20,26-27,29,31-32,34-46,50,52H,12,17,21-25H2,1-11H3/b14-13+,28-16+,33-15+/t26?,27-,29-,31-,32-,34+,35-,36-,37-,38-,39-,40-,41+,42-,43+,44-,45+,46+,48+,49+/m0/s1. The van der Waals surface area contributed by atoms with Gasteiger partial charge in [-0.3, -0.25) is 4.79 Å². The Morgan fingerprint density at radius 1 is 0.908 bits per heavy atom. The zero-order valence-electron chi connectivity index (χ0n) is 40.0. The van der Waals surface area contributed by atoms with Crippen LogP contribution >= 0.6 is 0 Å². The van der Waals surface area contributed by atoms with Crippen molar-refractivity contribution in [1.29, 1.82) is 0 Å². The van der Waals surface area contributed by atoms with Crippen LogP contribution in [-0.4, -0.2) is 148 Å². The Morgan fingerprint density at radius 2 is 1.60 bits per heavy atom. The van der Waals surface area contributed by atoms with Gasteiger partial charge < -0.3 is 57.6 Å². The maximum atomic E-state index is 14.4. The molecule has 2 N–H and O–H groups in total. The Hall–Kier alpha value is -2.32. The number of carbonyl (C=O) groups excluding carboxylic acids is 1. The van der Waals surface area contributed by atoms with Crippen molar-refractivity contribution in [2.24, 2.45) is 23.7 Å². The van der Waals surface area contributed by atoms with Crippen molar-refractivity contribution in [1.82, 2.24) is 0 Å². The summed E-state index contributed by atoms with van der Waals surface area (Å²) in [7, 11) is -0.335. The van der Waals surface area contributed by atoms with Gasteiger partial charge >= 0.3 is 5.97 Å². The lowest BCUT2D eigenvalue weighted by atomic mass is 9.71. The number of allylic oxidation sites excluding steroid dienone is 2. The van der Waals surface area contributed by atoms with Crippen LogP contribution in [0.3, 0.4) is 0 Å². The van der Waals surface area contributed by atoms with Gasteiger partial charge in [0.1, 0.15) is 41.2 Å². The summed E-state index contributed by atoms with van der Waals surface area (Å²) >= 11 is 0. The number of rotatable bonds is 9. The highest BCUT2D eigenvalue weighted by Gasteiger charge is 2.60. The zero-order valence-corrected chi connectivity index (χ0v) is 40.8. The summed E-state index contributed by atoms with van der Waals surface area (Å²) in [6.07, 6.45) is 9.25. The van der Waals surface area contributed by atoms with Crippen LogP contribution in [0.4, 0.5) is 0 Å². The SMILES string of the molecule is CCC(C)[C@H]1O[C@]2(C=C[C@@H]1C)C[C@@H]1C[C@@H](C/C=C(\C)[C@@H](O[C@H]3C[C@H](OC)[C@@H](O[C@H]4C[C@H](OC)[C@H](S(C)(=O)=O)[C@H](C)O4)[C@H](C)O3)[C@@H](C)/C=C/C=C3\CO[C@@H]4[C@H](O)C(C)=C[C@@H](C(=O)O1)[C@]34O)O2. The molecule has 1 unspecified atom stereocenters. The third-order valence-corrected chi connectivity index (χ3v) is 16.6. The summed E-state index contributed by atoms with van der Waals surface area (Å²) in [5, 5.41) is 22.9. The van der Waals surface area contributed by atoms with Gasteiger partial charge in [0.25, 0.3) is 0 Å². The molecule has 366 valence electrons. The molecule has 0 radical (unpaired) electrons. The molecular formula is C49H74O15S. The topological polar surface area (TPSA) is 184 Å². The molecule has 6 aliphatic heterocycles. The Bertz CT molecular complexity index is 1960. The van der Waals surface area contributed by atoms with E-state index in [1.807, 2.05) is 39.0 Å². The third-order valence-electron chi connectivity index (χ3n) is 15.0. The van der Waals surface area contributed by atoms with Gasteiger partial charge in [0.05, 0.1) is 49.3 Å². The van der Waals surface area contributed by atoms with Crippen LogP contribution in [0.5, 0.6) is 0 Å². The number of esters is 1. The van der Waals surface area contributed by atoms with E-state index in [-0.39, 0.29) is 43.3 Å². The number of fused-ring (bicyclic) bond motifs is 2. The van der Waals surface area contributed by atoms with Crippen LogP contribution in [0, 0.1) is 23.7 Å². The van der Waals surface area contributed by atoms with E-state index in [9.17, 15) is 23.4 Å². The Kier molecular flexibility index (Phi) is 15.8. The monoisotopic (exact) mass is 934 g/mol. The normalized spacial score (nSPS) is 47.7. The van der Waals surface area contributed by atoms with Crippen molar-refractivity contribution < 1.29 is 70.8 Å². The van der Waals surface area contributed by atoms with Crippen LogP contribution in [0.2, 0.25) is 0 Å². The molecule has 0 aromatic carbocycles. The molecule has 20 atom stereocenters. The Morgan fingerprint density at radius 3 is 2.29 bits per heavy atom. The van der Waals surface area contributed by atoms with Crippen molar-refractivity contribution >= 4 is 15.8 Å². The molecule has 4 fully saturated rings. The zero-order chi connectivity index (χ0) is 47.2. The Balaban J connectivity index is 1.17. The minimum absolute atomic E-state index is 0.0155. The first-order valence-corrected chi connectivity index (χ1v) is 25.5. The van der Waals surface area contributed by atoms with Gasteiger partial charge in [0, 0.05) is 58.0 Å². The Labute approximate surface area is 385 Å². The first-order chi connectivity index (χ1) is 30.7. The minimum Gasteiger partial charge on any atom is -0.462 e. The number of ether oxygens (including phenoxy) is 10. The average Bonchev–Trinajstić information content (AvgIpc) is 3.59. The van der Waals surface area contributed by atoms with Crippen LogP contribution in [0.15, 0.2) is 59.3 Å². The molecule has 4 saturated heterocycles. The summed E-state index contributed by atoms with van der Waals surface area (Å²) in [4.78, 5) is 14.4. The molecule has 1 spiro atoms. The molecule has 0 amide bonds. The van der Waals surface area contributed by atoms with E-state index in [1.165, 1.54) is 13.4 Å². The maximum absolute atomic E-state index is 14.4. The number of sulfone groups is 1. The van der Waals surface area contributed by atoms with Gasteiger partial charge in [-0.2, -0.15) is 0 Å². The molecule has 0 saturated carbocycles. The quantitative estimate of drug-likeness (QED) is 0.220. The number of methoxy groups -OCH3 is 2. The molecule has 0 aromatic heterocycles. The second kappa shape index (κ2) is 20.3. The molecule has 65 heavy (non-hydrogen) atoms. The van der Waals surface area contributed by atoms with Crippen molar-refractivity contribution in [3.05, 3.63) is 59.3 Å². The number of aliphatic hydroxyl groups excluding tert-OH is 1. The van der Waals surface area contributed by atoms with Gasteiger partial charge in [-0.15, -0.1) is 0 Å². The number of hydrogen-bond acceptors (Lipinski definition) is 15. The van der Waals surface area contributed by atoms with E-state index in [0.717, 1.165) is 12.0 Å². The molecule has 0 aromatic rings. The van der Waals surface area contributed by atoms with Crippen molar-refractivity contribution in [3.8, 4) is 0 Å². The second-order valence-corrected chi connectivity index (χ2v) is 22.0. The second-order valence-electron chi connectivity index (χ2n) is 19.8. The number of carbonyl (C=O) groups is 1. The molecule has 15 nitrogen and oxygen atoms in total. The van der Waals surface area contributed by atoms with Gasteiger partial charge in [0.15, 0.2) is 28.2 Å². The highest BCUT2D eigenvalue weighted by molar-refractivity contribution is 7.91. The van der Waals surface area contributed by atoms with Crippen LogP contribution in [0.25, 0.3) is 0 Å². The highest BCUT2D eigenvalue weighted by atomic mass is 32.2. The van der Waals surface area contributed by atoms with E-state index in [1.54, 1.807) is 33.1 Å². The third kappa shape index (κ3) is 10.5. The van der Waals surface area contributed by atoms with Crippen LogP contribution in [-0.2, 0) is 62.0 Å². The van der Waals surface area contributed by atoms with Crippen molar-refractivity contribution in [2.45, 2.75) is 190 Å². The number of aliphatic hydroxyl groups is 2. The van der Waals surface area contributed by atoms with Gasteiger partial charge in [-0.1, -0.05) is 70.6 Å². The van der Waals surface area contributed by atoms with E-state index in [4.69, 9.17) is 47.4 Å². The molecule has 16 heteroatoms. The molecule has 1 aliphatic carbocycles. The van der Waals surface area contributed by atoms with Gasteiger partial charge in [0.2, 0.25) is 0 Å². The predicted octanol–water partition coefficient (Wildman–Crippen LogP) is 5.43. The molecule has 2 bridgehead atoms. The fourth-order valence-corrected chi connectivity index (χ4v) is 12.7. The van der Waals surface area contributed by atoms with Crippen molar-refractivity contribution in [2.75, 3.05) is 27.1 Å². The van der Waals surface area contributed by atoms with E-state index in [2.05, 4.69) is 32.9 Å². The molecule has 6 heterocycles. The lowest BCUT2D eigenvalue weighted by Gasteiger charge is -2.48. The number of hydrogen-bond donors (Lipinski definition) is 2. The summed E-state index contributed by atoms with van der Waals surface area (Å²) in [5.41, 5.74) is 0.0618. The highest BCUT2D eigenvalue weighted by Crippen LogP contribution is 2.47. The first kappa shape index (κ1) is 50.6. The minimum atomic E-state index is -3.45. The molecule has 7 aliphatic rings.